The molecule has 1 rings (SSSR count). The summed E-state index contributed by atoms with van der Waals surface area (Å²) in [5.41, 5.74) is -0.397. The summed E-state index contributed by atoms with van der Waals surface area (Å²) in [6.45, 7) is 7.80. The van der Waals surface area contributed by atoms with Gasteiger partial charge in [-0.1, -0.05) is 0 Å². The molecule has 0 unspecified atom stereocenters. The van der Waals surface area contributed by atoms with Crippen LogP contribution in [0.25, 0.3) is 0 Å². The normalized spacial score (nSPS) is 22.5. The van der Waals surface area contributed by atoms with Crippen molar-refractivity contribution in [2.75, 3.05) is 13.2 Å². The number of hydrogen-bond donors (Lipinski definition) is 1. The first-order valence-electron chi connectivity index (χ1n) is 4.28. The fourth-order valence-electron chi connectivity index (χ4n) is 0.945. The molecule has 0 aliphatic carbocycles. The van der Waals surface area contributed by atoms with E-state index in [1.165, 1.54) is 0 Å². The maximum Gasteiger partial charge on any atom is 0.217 e. The molecular formula is C8H17NO3S. The van der Waals surface area contributed by atoms with E-state index in [9.17, 15) is 8.42 Å². The topological polar surface area (TPSA) is 55.4 Å². The Morgan fingerprint density at radius 3 is 2.00 bits per heavy atom. The molecule has 4 nitrogen and oxygen atoms in total. The second-order valence-electron chi connectivity index (χ2n) is 4.77. The third-order valence-electron chi connectivity index (χ3n) is 2.03. The van der Waals surface area contributed by atoms with Crippen LogP contribution in [0.1, 0.15) is 27.7 Å². The lowest BCUT2D eigenvalue weighted by Crippen LogP contribution is -2.62. The Morgan fingerprint density at radius 2 is 1.77 bits per heavy atom. The molecule has 1 N–H and O–H groups in total. The van der Waals surface area contributed by atoms with E-state index >= 15 is 0 Å². The van der Waals surface area contributed by atoms with E-state index in [1.807, 2.05) is 6.92 Å². The van der Waals surface area contributed by atoms with Gasteiger partial charge < -0.3 is 4.74 Å². The standard InChI is InChI=1S/C8H17NO3S/c1-7(2,3)13(10,11)9-8(4)5-12-6-8/h9H,5-6H2,1-4H3. The highest BCUT2D eigenvalue weighted by atomic mass is 32.2. The van der Waals surface area contributed by atoms with Crippen LogP contribution in [0, 0.1) is 0 Å². The van der Waals surface area contributed by atoms with Gasteiger partial charge in [0.15, 0.2) is 0 Å². The summed E-state index contributed by atoms with van der Waals surface area (Å²) in [5, 5.41) is 0. The summed E-state index contributed by atoms with van der Waals surface area (Å²) in [5.74, 6) is 0. The minimum atomic E-state index is -3.25. The highest BCUT2D eigenvalue weighted by Gasteiger charge is 2.41. The molecule has 0 saturated carbocycles. The van der Waals surface area contributed by atoms with Crippen LogP contribution in [0.3, 0.4) is 0 Å². The zero-order valence-electron chi connectivity index (χ0n) is 8.55. The number of nitrogens with one attached hydrogen (secondary N) is 1. The molecule has 0 spiro atoms. The fraction of sp³-hybridized carbons (Fsp3) is 1.00. The lowest BCUT2D eigenvalue weighted by molar-refractivity contribution is -0.0525. The third-order valence-corrected chi connectivity index (χ3v) is 4.40. The molecule has 0 aromatic heterocycles. The summed E-state index contributed by atoms with van der Waals surface area (Å²) in [4.78, 5) is 0. The molecule has 1 aliphatic heterocycles. The Balaban J connectivity index is 2.73. The average molecular weight is 207 g/mol. The summed E-state index contributed by atoms with van der Waals surface area (Å²) in [7, 11) is -3.25. The summed E-state index contributed by atoms with van der Waals surface area (Å²) in [6.07, 6.45) is 0. The molecule has 1 aliphatic rings. The Morgan fingerprint density at radius 1 is 1.31 bits per heavy atom. The van der Waals surface area contributed by atoms with Crippen LogP contribution in [0.2, 0.25) is 0 Å². The van der Waals surface area contributed by atoms with Crippen LogP contribution in [0.4, 0.5) is 0 Å². The van der Waals surface area contributed by atoms with Gasteiger partial charge in [0.2, 0.25) is 10.0 Å². The molecule has 0 amide bonds. The fourth-order valence-corrected chi connectivity index (χ4v) is 2.02. The monoisotopic (exact) mass is 207 g/mol. The maximum absolute atomic E-state index is 11.7. The van der Waals surface area contributed by atoms with Crippen LogP contribution in [0.5, 0.6) is 0 Å². The minimum absolute atomic E-state index is 0.397. The van der Waals surface area contributed by atoms with Gasteiger partial charge in [-0.2, -0.15) is 0 Å². The maximum atomic E-state index is 11.7. The Kier molecular flexibility index (Phi) is 2.47. The van der Waals surface area contributed by atoms with E-state index in [0.29, 0.717) is 13.2 Å². The Labute approximate surface area is 79.7 Å². The molecule has 1 heterocycles. The van der Waals surface area contributed by atoms with E-state index < -0.39 is 20.3 Å². The van der Waals surface area contributed by atoms with Crippen LogP contribution in [0.15, 0.2) is 0 Å². The summed E-state index contributed by atoms with van der Waals surface area (Å²) >= 11 is 0. The van der Waals surface area contributed by atoms with Crippen molar-refractivity contribution in [3.8, 4) is 0 Å². The first-order valence-corrected chi connectivity index (χ1v) is 5.76. The molecule has 5 heteroatoms. The summed E-state index contributed by atoms with van der Waals surface area (Å²) < 4.78 is 30.3. The molecule has 78 valence electrons. The van der Waals surface area contributed by atoms with Crippen molar-refractivity contribution in [2.45, 2.75) is 38.0 Å². The van der Waals surface area contributed by atoms with Gasteiger partial charge in [-0.15, -0.1) is 0 Å². The van der Waals surface area contributed by atoms with Crippen LogP contribution in [-0.4, -0.2) is 31.9 Å². The molecule has 1 saturated heterocycles. The number of ether oxygens (including phenoxy) is 1. The van der Waals surface area contributed by atoms with E-state index in [0.717, 1.165) is 0 Å². The molecule has 0 bridgehead atoms. The van der Waals surface area contributed by atoms with E-state index in [4.69, 9.17) is 4.74 Å². The van der Waals surface area contributed by atoms with Crippen LogP contribution < -0.4 is 4.72 Å². The minimum Gasteiger partial charge on any atom is -0.377 e. The van der Waals surface area contributed by atoms with Crippen molar-refractivity contribution in [2.24, 2.45) is 0 Å². The molecule has 0 radical (unpaired) electrons. The molecule has 0 aromatic rings. The van der Waals surface area contributed by atoms with Crippen molar-refractivity contribution in [3.05, 3.63) is 0 Å². The highest BCUT2D eigenvalue weighted by molar-refractivity contribution is 7.90. The van der Waals surface area contributed by atoms with Gasteiger partial charge in [0.05, 0.1) is 23.5 Å². The molecule has 1 fully saturated rings. The van der Waals surface area contributed by atoms with Crippen molar-refractivity contribution in [1.82, 2.24) is 4.72 Å². The Hall–Kier alpha value is -0.130. The third kappa shape index (κ3) is 2.21. The highest BCUT2D eigenvalue weighted by Crippen LogP contribution is 2.21. The predicted molar refractivity (Wildman–Crippen MR) is 51.0 cm³/mol. The molecular weight excluding hydrogens is 190 g/mol. The first-order chi connectivity index (χ1) is 5.66. The van der Waals surface area contributed by atoms with E-state index in [1.54, 1.807) is 20.8 Å². The molecule has 0 atom stereocenters. The molecule has 13 heavy (non-hydrogen) atoms. The SMILES string of the molecule is CC1(NS(=O)(=O)C(C)(C)C)COC1. The van der Waals surface area contributed by atoms with Gasteiger partial charge >= 0.3 is 0 Å². The number of rotatable bonds is 2. The van der Waals surface area contributed by atoms with Crippen LogP contribution >= 0.6 is 0 Å². The van der Waals surface area contributed by atoms with Crippen molar-refractivity contribution >= 4 is 10.0 Å². The van der Waals surface area contributed by atoms with Gasteiger partial charge in [-0.3, -0.25) is 0 Å². The van der Waals surface area contributed by atoms with Gasteiger partial charge in [-0.05, 0) is 27.7 Å². The van der Waals surface area contributed by atoms with Gasteiger partial charge in [0.1, 0.15) is 0 Å². The lowest BCUT2D eigenvalue weighted by Gasteiger charge is -2.40. The van der Waals surface area contributed by atoms with E-state index in [-0.39, 0.29) is 0 Å². The second-order valence-corrected chi connectivity index (χ2v) is 7.21. The van der Waals surface area contributed by atoms with Crippen molar-refractivity contribution in [1.29, 1.82) is 0 Å². The lowest BCUT2D eigenvalue weighted by atomic mass is 10.0. The largest absolute Gasteiger partial charge is 0.377 e. The number of sulfonamides is 1. The summed E-state index contributed by atoms with van der Waals surface area (Å²) in [6, 6.07) is 0. The molecule has 0 aromatic carbocycles. The zero-order chi connectivity index (χ0) is 10.3. The predicted octanol–water partition coefficient (Wildman–Crippen LogP) is 0.493. The zero-order valence-corrected chi connectivity index (χ0v) is 9.36. The van der Waals surface area contributed by atoms with Gasteiger partial charge in [0, 0.05) is 0 Å². The Bertz CT molecular complexity index is 285. The first kappa shape index (κ1) is 10.9. The quantitative estimate of drug-likeness (QED) is 0.717. The van der Waals surface area contributed by atoms with E-state index in [2.05, 4.69) is 4.72 Å². The van der Waals surface area contributed by atoms with Crippen LogP contribution in [-0.2, 0) is 14.8 Å². The average Bonchev–Trinajstić information content (AvgIpc) is 1.80. The smallest absolute Gasteiger partial charge is 0.217 e. The van der Waals surface area contributed by atoms with Crippen molar-refractivity contribution < 1.29 is 13.2 Å². The number of hydrogen-bond acceptors (Lipinski definition) is 3. The van der Waals surface area contributed by atoms with Gasteiger partial charge in [-0.25, -0.2) is 13.1 Å². The second kappa shape index (κ2) is 2.93. The van der Waals surface area contributed by atoms with Crippen molar-refractivity contribution in [3.63, 3.8) is 0 Å². The van der Waals surface area contributed by atoms with Gasteiger partial charge in [0.25, 0.3) is 0 Å².